The Kier molecular flexibility index (Phi) is 4.98. The largest absolute Gasteiger partial charge is 0.480 e. The monoisotopic (exact) mass is 269 g/mol. The molecule has 0 spiro atoms. The van der Waals surface area contributed by atoms with Crippen molar-refractivity contribution in [3.63, 3.8) is 0 Å². The summed E-state index contributed by atoms with van der Waals surface area (Å²) in [7, 11) is 0. The molecule has 1 rings (SSSR count). The second kappa shape index (κ2) is 6.47. The molecule has 19 heavy (non-hydrogen) atoms. The van der Waals surface area contributed by atoms with Crippen LogP contribution in [0.1, 0.15) is 25.8 Å². The molecule has 2 atom stereocenters. The first kappa shape index (κ1) is 14.6. The summed E-state index contributed by atoms with van der Waals surface area (Å²) < 4.78 is 1.29. The number of nitrogens with zero attached hydrogens (tertiary/aromatic N) is 3. The Morgan fingerprint density at radius 3 is 2.63 bits per heavy atom. The second-order valence-corrected chi connectivity index (χ2v) is 3.96. The van der Waals surface area contributed by atoms with Crippen LogP contribution in [0, 0.1) is 0 Å². The predicted molar refractivity (Wildman–Crippen MR) is 62.7 cm³/mol. The molecule has 1 heterocycles. The fourth-order valence-electron chi connectivity index (χ4n) is 1.37. The third kappa shape index (κ3) is 4.37. The van der Waals surface area contributed by atoms with Crippen molar-refractivity contribution in [2.45, 2.75) is 31.8 Å². The number of carbonyl (C=O) groups excluding carboxylic acids is 2. The first-order valence-electron chi connectivity index (χ1n) is 5.57. The number of rotatable bonds is 7. The van der Waals surface area contributed by atoms with Crippen molar-refractivity contribution in [2.75, 3.05) is 0 Å². The van der Waals surface area contributed by atoms with E-state index in [0.29, 0.717) is 0 Å². The highest BCUT2D eigenvalue weighted by atomic mass is 16.4. The first-order chi connectivity index (χ1) is 8.91. The Morgan fingerprint density at radius 2 is 2.16 bits per heavy atom. The van der Waals surface area contributed by atoms with Crippen LogP contribution in [0.15, 0.2) is 12.7 Å². The van der Waals surface area contributed by atoms with Gasteiger partial charge in [0.2, 0.25) is 11.8 Å². The topological polar surface area (TPSA) is 140 Å². The molecule has 0 fully saturated rings. The lowest BCUT2D eigenvalue weighted by Crippen LogP contribution is -2.44. The SMILES string of the molecule is CC(C(=O)NC(CCC(N)=O)C(=O)O)n1cncn1. The summed E-state index contributed by atoms with van der Waals surface area (Å²) >= 11 is 0. The number of hydrogen-bond acceptors (Lipinski definition) is 5. The van der Waals surface area contributed by atoms with E-state index in [1.54, 1.807) is 6.92 Å². The molecule has 0 aliphatic carbocycles. The normalized spacial score (nSPS) is 13.5. The Morgan fingerprint density at radius 1 is 1.47 bits per heavy atom. The van der Waals surface area contributed by atoms with Crippen LogP contribution >= 0.6 is 0 Å². The van der Waals surface area contributed by atoms with Crippen LogP contribution < -0.4 is 11.1 Å². The molecule has 4 N–H and O–H groups in total. The molecule has 1 aromatic rings. The van der Waals surface area contributed by atoms with E-state index in [4.69, 9.17) is 10.8 Å². The van der Waals surface area contributed by atoms with E-state index >= 15 is 0 Å². The summed E-state index contributed by atoms with van der Waals surface area (Å²) in [4.78, 5) is 37.1. The van der Waals surface area contributed by atoms with Gasteiger partial charge in [-0.25, -0.2) is 14.5 Å². The molecular weight excluding hydrogens is 254 g/mol. The lowest BCUT2D eigenvalue weighted by Gasteiger charge is -2.17. The third-order valence-corrected chi connectivity index (χ3v) is 2.51. The summed E-state index contributed by atoms with van der Waals surface area (Å²) in [6.07, 6.45) is 2.45. The van der Waals surface area contributed by atoms with E-state index in [1.165, 1.54) is 17.3 Å². The zero-order chi connectivity index (χ0) is 14.4. The molecule has 0 aromatic carbocycles. The summed E-state index contributed by atoms with van der Waals surface area (Å²) in [5, 5.41) is 15.1. The number of primary amides is 1. The average Bonchev–Trinajstić information content (AvgIpc) is 2.86. The molecule has 1 aromatic heterocycles. The zero-order valence-electron chi connectivity index (χ0n) is 10.3. The van der Waals surface area contributed by atoms with E-state index < -0.39 is 29.9 Å². The number of aromatic nitrogens is 3. The van der Waals surface area contributed by atoms with Crippen molar-refractivity contribution in [1.29, 1.82) is 0 Å². The smallest absolute Gasteiger partial charge is 0.326 e. The van der Waals surface area contributed by atoms with Crippen LogP contribution in [0.25, 0.3) is 0 Å². The highest BCUT2D eigenvalue weighted by molar-refractivity contribution is 5.86. The van der Waals surface area contributed by atoms with Crippen molar-refractivity contribution in [1.82, 2.24) is 20.1 Å². The Labute approximate surface area is 108 Å². The lowest BCUT2D eigenvalue weighted by atomic mass is 10.1. The van der Waals surface area contributed by atoms with Gasteiger partial charge in [0.05, 0.1) is 0 Å². The summed E-state index contributed by atoms with van der Waals surface area (Å²) in [6.45, 7) is 1.55. The minimum atomic E-state index is -1.22. The van der Waals surface area contributed by atoms with Gasteiger partial charge >= 0.3 is 5.97 Å². The Hall–Kier alpha value is -2.45. The maximum Gasteiger partial charge on any atom is 0.326 e. The van der Waals surface area contributed by atoms with Crippen LogP contribution in [0.2, 0.25) is 0 Å². The fraction of sp³-hybridized carbons (Fsp3) is 0.500. The number of nitrogens with one attached hydrogen (secondary N) is 1. The highest BCUT2D eigenvalue weighted by Gasteiger charge is 2.24. The van der Waals surface area contributed by atoms with Gasteiger partial charge in [0.1, 0.15) is 24.7 Å². The van der Waals surface area contributed by atoms with Crippen LogP contribution in [0.5, 0.6) is 0 Å². The molecule has 9 nitrogen and oxygen atoms in total. The second-order valence-electron chi connectivity index (χ2n) is 3.96. The van der Waals surface area contributed by atoms with E-state index in [2.05, 4.69) is 15.4 Å². The van der Waals surface area contributed by atoms with E-state index in [0.717, 1.165) is 0 Å². The Bertz CT molecular complexity index is 458. The van der Waals surface area contributed by atoms with Crippen molar-refractivity contribution < 1.29 is 19.5 Å². The molecule has 0 bridgehead atoms. The molecule has 0 saturated carbocycles. The van der Waals surface area contributed by atoms with E-state index in [9.17, 15) is 14.4 Å². The molecule has 0 saturated heterocycles. The van der Waals surface area contributed by atoms with E-state index in [-0.39, 0.29) is 12.8 Å². The minimum Gasteiger partial charge on any atom is -0.480 e. The Balaban J connectivity index is 2.61. The fourth-order valence-corrected chi connectivity index (χ4v) is 1.37. The van der Waals surface area contributed by atoms with Gasteiger partial charge in [-0.3, -0.25) is 9.59 Å². The van der Waals surface area contributed by atoms with Crippen LogP contribution in [-0.4, -0.2) is 43.7 Å². The number of amides is 2. The highest BCUT2D eigenvalue weighted by Crippen LogP contribution is 2.05. The number of nitrogens with two attached hydrogens (primary N) is 1. The molecule has 104 valence electrons. The van der Waals surface area contributed by atoms with Gasteiger partial charge in [-0.05, 0) is 13.3 Å². The molecule has 0 aliphatic rings. The van der Waals surface area contributed by atoms with Gasteiger partial charge < -0.3 is 16.2 Å². The molecule has 0 aliphatic heterocycles. The van der Waals surface area contributed by atoms with Gasteiger partial charge in [0.15, 0.2) is 0 Å². The number of carbonyl (C=O) groups is 3. The standard InChI is InChI=1S/C10H15N5O4/c1-6(15-5-12-4-13-15)9(17)14-7(10(18)19)2-3-8(11)16/h4-7H,2-3H2,1H3,(H2,11,16)(H,14,17)(H,18,19). The van der Waals surface area contributed by atoms with Crippen molar-refractivity contribution in [3.05, 3.63) is 12.7 Å². The zero-order valence-corrected chi connectivity index (χ0v) is 10.3. The van der Waals surface area contributed by atoms with Crippen LogP contribution in [0.3, 0.4) is 0 Å². The van der Waals surface area contributed by atoms with Crippen LogP contribution in [-0.2, 0) is 14.4 Å². The average molecular weight is 269 g/mol. The summed E-state index contributed by atoms with van der Waals surface area (Å²) in [6, 6.07) is -1.86. The number of carboxylic acids is 1. The van der Waals surface area contributed by atoms with Gasteiger partial charge in [-0.2, -0.15) is 5.10 Å². The third-order valence-electron chi connectivity index (χ3n) is 2.51. The van der Waals surface area contributed by atoms with Crippen molar-refractivity contribution in [2.24, 2.45) is 5.73 Å². The van der Waals surface area contributed by atoms with Crippen molar-refractivity contribution >= 4 is 17.8 Å². The molecule has 0 radical (unpaired) electrons. The maximum atomic E-state index is 11.8. The quantitative estimate of drug-likeness (QED) is 0.560. The summed E-state index contributed by atoms with van der Waals surface area (Å²) in [5.74, 6) is -2.37. The molecular formula is C10H15N5O4. The molecule has 2 amide bonds. The lowest BCUT2D eigenvalue weighted by molar-refractivity contribution is -0.142. The van der Waals surface area contributed by atoms with Crippen LogP contribution in [0.4, 0.5) is 0 Å². The number of hydrogen-bond donors (Lipinski definition) is 3. The van der Waals surface area contributed by atoms with E-state index in [1.807, 2.05) is 0 Å². The number of carboxylic acid groups (broad SMARTS) is 1. The van der Waals surface area contributed by atoms with Gasteiger partial charge in [-0.15, -0.1) is 0 Å². The molecule has 2 unspecified atom stereocenters. The predicted octanol–water partition coefficient (Wildman–Crippen LogP) is -1.33. The first-order valence-corrected chi connectivity index (χ1v) is 5.57. The maximum absolute atomic E-state index is 11.8. The number of aliphatic carboxylic acids is 1. The van der Waals surface area contributed by atoms with Crippen molar-refractivity contribution in [3.8, 4) is 0 Å². The van der Waals surface area contributed by atoms with Gasteiger partial charge in [-0.1, -0.05) is 0 Å². The van der Waals surface area contributed by atoms with Gasteiger partial charge in [0.25, 0.3) is 0 Å². The van der Waals surface area contributed by atoms with Gasteiger partial charge in [0, 0.05) is 6.42 Å². The summed E-state index contributed by atoms with van der Waals surface area (Å²) in [5.41, 5.74) is 4.94. The molecule has 9 heteroatoms. The minimum absolute atomic E-state index is 0.0551.